The van der Waals surface area contributed by atoms with E-state index < -0.39 is 18.0 Å². The zero-order valence-corrected chi connectivity index (χ0v) is 10.7. The van der Waals surface area contributed by atoms with Crippen molar-refractivity contribution in [3.8, 4) is 0 Å². The van der Waals surface area contributed by atoms with Crippen molar-refractivity contribution < 1.29 is 19.8 Å². The molecule has 1 unspecified atom stereocenters. The van der Waals surface area contributed by atoms with E-state index in [9.17, 15) is 9.59 Å². The molecule has 1 aliphatic rings. The Kier molecular flexibility index (Phi) is 5.91. The molecule has 6 heteroatoms. The Labute approximate surface area is 107 Å². The van der Waals surface area contributed by atoms with Gasteiger partial charge < -0.3 is 20.8 Å². The molecule has 4 N–H and O–H groups in total. The molecule has 104 valence electrons. The summed E-state index contributed by atoms with van der Waals surface area (Å²) in [5, 5.41) is 22.7. The monoisotopic (exact) mass is 258 g/mol. The molecule has 0 aromatic carbocycles. The van der Waals surface area contributed by atoms with Crippen LogP contribution in [0.25, 0.3) is 0 Å². The average Bonchev–Trinajstić information content (AvgIpc) is 2.81. The third-order valence-electron chi connectivity index (χ3n) is 3.49. The van der Waals surface area contributed by atoms with Crippen LogP contribution in [0, 0.1) is 5.92 Å². The zero-order valence-electron chi connectivity index (χ0n) is 10.7. The minimum Gasteiger partial charge on any atom is -0.480 e. The highest BCUT2D eigenvalue weighted by atomic mass is 16.4. The minimum absolute atomic E-state index is 0.0144. The molecule has 2 atom stereocenters. The third kappa shape index (κ3) is 4.52. The predicted molar refractivity (Wildman–Crippen MR) is 66.2 cm³/mol. The average molecular weight is 258 g/mol. The van der Waals surface area contributed by atoms with Crippen molar-refractivity contribution in [2.75, 3.05) is 6.61 Å². The van der Waals surface area contributed by atoms with Gasteiger partial charge in [-0.1, -0.05) is 12.8 Å². The second-order valence-corrected chi connectivity index (χ2v) is 4.85. The highest BCUT2D eigenvalue weighted by Crippen LogP contribution is 2.27. The summed E-state index contributed by atoms with van der Waals surface area (Å²) in [6.45, 7) is 1.67. The van der Waals surface area contributed by atoms with Gasteiger partial charge in [-0.2, -0.15) is 0 Å². The molecule has 1 rings (SSSR count). The molecule has 0 aliphatic heterocycles. The number of hydrogen-bond donors (Lipinski definition) is 4. The molecule has 2 amide bonds. The Morgan fingerprint density at radius 1 is 1.28 bits per heavy atom. The van der Waals surface area contributed by atoms with Crippen LogP contribution in [0.5, 0.6) is 0 Å². The van der Waals surface area contributed by atoms with Crippen LogP contribution in [0.1, 0.15) is 39.0 Å². The first-order valence-corrected chi connectivity index (χ1v) is 6.45. The van der Waals surface area contributed by atoms with Crippen LogP contribution in [0.4, 0.5) is 4.79 Å². The van der Waals surface area contributed by atoms with Crippen LogP contribution in [0.15, 0.2) is 0 Å². The Balaban J connectivity index is 2.36. The summed E-state index contributed by atoms with van der Waals surface area (Å²) in [5.41, 5.74) is 0. The molecule has 0 spiro atoms. The lowest BCUT2D eigenvalue weighted by Gasteiger charge is -2.22. The first-order valence-electron chi connectivity index (χ1n) is 6.45. The van der Waals surface area contributed by atoms with Gasteiger partial charge in [0.25, 0.3) is 0 Å². The van der Waals surface area contributed by atoms with E-state index in [1.807, 2.05) is 6.92 Å². The molecule has 18 heavy (non-hydrogen) atoms. The maximum atomic E-state index is 11.6. The number of aliphatic carboxylic acids is 1. The van der Waals surface area contributed by atoms with Crippen molar-refractivity contribution in [2.24, 2.45) is 5.92 Å². The lowest BCUT2D eigenvalue weighted by atomic mass is 10.0. The number of carboxylic acids is 1. The summed E-state index contributed by atoms with van der Waals surface area (Å²) in [4.78, 5) is 22.4. The summed E-state index contributed by atoms with van der Waals surface area (Å²) < 4.78 is 0. The number of carboxylic acid groups (broad SMARTS) is 1. The van der Waals surface area contributed by atoms with Gasteiger partial charge in [0, 0.05) is 19.1 Å². The molecular formula is C12H22N2O4. The maximum absolute atomic E-state index is 11.6. The number of aliphatic hydroxyl groups is 1. The summed E-state index contributed by atoms with van der Waals surface area (Å²) in [7, 11) is 0. The van der Waals surface area contributed by atoms with Crippen LogP contribution >= 0.6 is 0 Å². The second kappa shape index (κ2) is 7.20. The van der Waals surface area contributed by atoms with Gasteiger partial charge in [0.05, 0.1) is 0 Å². The van der Waals surface area contributed by atoms with Gasteiger partial charge >= 0.3 is 12.0 Å². The van der Waals surface area contributed by atoms with Gasteiger partial charge in [-0.25, -0.2) is 9.59 Å². The SMILES string of the molecule is CC(NC(=O)N[C@H](CCO)C(=O)O)C1CCCC1. The fourth-order valence-corrected chi connectivity index (χ4v) is 2.37. The fourth-order valence-electron chi connectivity index (χ4n) is 2.37. The summed E-state index contributed by atoms with van der Waals surface area (Å²) >= 11 is 0. The van der Waals surface area contributed by atoms with Crippen molar-refractivity contribution in [3.63, 3.8) is 0 Å². The highest BCUT2D eigenvalue weighted by molar-refractivity contribution is 5.82. The first kappa shape index (κ1) is 14.8. The number of rotatable bonds is 6. The van der Waals surface area contributed by atoms with Gasteiger partial charge in [-0.3, -0.25) is 0 Å². The van der Waals surface area contributed by atoms with Crippen LogP contribution in [-0.4, -0.2) is 40.9 Å². The van der Waals surface area contributed by atoms with Gasteiger partial charge in [-0.05, 0) is 25.7 Å². The van der Waals surface area contributed by atoms with E-state index >= 15 is 0 Å². The van der Waals surface area contributed by atoms with Crippen LogP contribution in [-0.2, 0) is 4.79 Å². The normalized spacial score (nSPS) is 19.2. The Bertz CT molecular complexity index is 290. The Hall–Kier alpha value is -1.30. The third-order valence-corrected chi connectivity index (χ3v) is 3.49. The molecule has 0 radical (unpaired) electrons. The molecule has 1 fully saturated rings. The molecule has 0 bridgehead atoms. The standard InChI is InChI=1S/C12H22N2O4/c1-8(9-4-2-3-5-9)13-12(18)14-10(6-7-15)11(16)17/h8-10,15H,2-7H2,1H3,(H,16,17)(H2,13,14,18)/t8?,10-/m1/s1. The molecule has 0 saturated heterocycles. The van der Waals surface area contributed by atoms with E-state index in [4.69, 9.17) is 10.2 Å². The van der Waals surface area contributed by atoms with Gasteiger partial charge in [0.15, 0.2) is 0 Å². The number of nitrogens with one attached hydrogen (secondary N) is 2. The summed E-state index contributed by atoms with van der Waals surface area (Å²) in [5.74, 6) is -0.649. The molecule has 0 aromatic rings. The van der Waals surface area contributed by atoms with Crippen molar-refractivity contribution in [1.29, 1.82) is 0 Å². The number of aliphatic hydroxyl groups excluding tert-OH is 1. The Morgan fingerprint density at radius 3 is 2.39 bits per heavy atom. The molecular weight excluding hydrogens is 236 g/mol. The van der Waals surface area contributed by atoms with E-state index in [0.29, 0.717) is 5.92 Å². The number of carbonyl (C=O) groups excluding carboxylic acids is 1. The van der Waals surface area contributed by atoms with Gasteiger partial charge in [-0.15, -0.1) is 0 Å². The van der Waals surface area contributed by atoms with E-state index in [-0.39, 0.29) is 19.1 Å². The van der Waals surface area contributed by atoms with Crippen molar-refractivity contribution in [2.45, 2.75) is 51.1 Å². The van der Waals surface area contributed by atoms with E-state index in [2.05, 4.69) is 10.6 Å². The highest BCUT2D eigenvalue weighted by Gasteiger charge is 2.24. The molecule has 1 aliphatic carbocycles. The Morgan fingerprint density at radius 2 is 1.89 bits per heavy atom. The first-order chi connectivity index (χ1) is 8.54. The minimum atomic E-state index is -1.13. The number of hydrogen-bond acceptors (Lipinski definition) is 3. The largest absolute Gasteiger partial charge is 0.480 e. The van der Waals surface area contributed by atoms with E-state index in [1.54, 1.807) is 0 Å². The number of carbonyl (C=O) groups is 2. The second-order valence-electron chi connectivity index (χ2n) is 4.85. The smallest absolute Gasteiger partial charge is 0.326 e. The topological polar surface area (TPSA) is 98.7 Å². The van der Waals surface area contributed by atoms with Crippen molar-refractivity contribution >= 4 is 12.0 Å². The zero-order chi connectivity index (χ0) is 13.5. The fraction of sp³-hybridized carbons (Fsp3) is 0.833. The lowest BCUT2D eigenvalue weighted by molar-refractivity contribution is -0.139. The lowest BCUT2D eigenvalue weighted by Crippen LogP contribution is -2.50. The predicted octanol–water partition coefficient (Wildman–Crippen LogP) is 0.700. The van der Waals surface area contributed by atoms with Crippen LogP contribution < -0.4 is 10.6 Å². The summed E-state index contributed by atoms with van der Waals surface area (Å²) in [6.07, 6.45) is 4.63. The van der Waals surface area contributed by atoms with Crippen molar-refractivity contribution in [3.05, 3.63) is 0 Å². The maximum Gasteiger partial charge on any atom is 0.326 e. The van der Waals surface area contributed by atoms with Crippen LogP contribution in [0.2, 0.25) is 0 Å². The van der Waals surface area contributed by atoms with E-state index in [1.165, 1.54) is 12.8 Å². The van der Waals surface area contributed by atoms with E-state index in [0.717, 1.165) is 12.8 Å². The quantitative estimate of drug-likeness (QED) is 0.563. The molecule has 0 heterocycles. The van der Waals surface area contributed by atoms with Gasteiger partial charge in [0.1, 0.15) is 6.04 Å². The van der Waals surface area contributed by atoms with Gasteiger partial charge in [0.2, 0.25) is 0 Å². The van der Waals surface area contributed by atoms with Crippen molar-refractivity contribution in [1.82, 2.24) is 10.6 Å². The number of amides is 2. The molecule has 6 nitrogen and oxygen atoms in total. The number of urea groups is 1. The molecule has 1 saturated carbocycles. The summed E-state index contributed by atoms with van der Waals surface area (Å²) in [6, 6.07) is -1.46. The van der Waals surface area contributed by atoms with Crippen LogP contribution in [0.3, 0.4) is 0 Å². The molecule has 0 aromatic heterocycles.